The number of ether oxygens (including phenoxy) is 1. The zero-order chi connectivity index (χ0) is 28.1. The standard InChI is InChI=1S/C35H28N2O4/c1-22-16-18-26(19-17-22)37-33(38)28-29(34(37)39)31(36-21-20-23-10-8-9-15-27(23)30(28)36)35(40)41-32(24-11-4-2-5-12-24)25-13-6-3-7-14-25/h2-21,28-32H,1H3/t28-,29-,30-,31+/m1/s1. The average molecular weight is 541 g/mol. The van der Waals surface area contributed by atoms with Crippen LogP contribution < -0.4 is 4.90 Å². The first kappa shape index (κ1) is 25.0. The highest BCUT2D eigenvalue weighted by Crippen LogP contribution is 2.53. The van der Waals surface area contributed by atoms with Gasteiger partial charge in [0.1, 0.15) is 6.04 Å². The molecule has 4 atom stereocenters. The third kappa shape index (κ3) is 4.06. The molecule has 7 rings (SSSR count). The number of benzene rings is 4. The first-order chi connectivity index (χ1) is 20.0. The van der Waals surface area contributed by atoms with Crippen LogP contribution in [0.4, 0.5) is 5.69 Å². The van der Waals surface area contributed by atoms with Crippen LogP contribution in [0.25, 0.3) is 6.08 Å². The van der Waals surface area contributed by atoms with Gasteiger partial charge in [-0.3, -0.25) is 9.59 Å². The van der Waals surface area contributed by atoms with Gasteiger partial charge >= 0.3 is 5.97 Å². The number of anilines is 1. The van der Waals surface area contributed by atoms with Crippen molar-refractivity contribution in [3.8, 4) is 0 Å². The van der Waals surface area contributed by atoms with E-state index >= 15 is 0 Å². The highest BCUT2D eigenvalue weighted by molar-refractivity contribution is 6.23. The predicted octanol–water partition coefficient (Wildman–Crippen LogP) is 5.84. The van der Waals surface area contributed by atoms with Crippen molar-refractivity contribution in [3.63, 3.8) is 0 Å². The molecule has 4 aromatic rings. The lowest BCUT2D eigenvalue weighted by molar-refractivity contribution is -0.155. The molecule has 2 amide bonds. The predicted molar refractivity (Wildman–Crippen MR) is 155 cm³/mol. The monoisotopic (exact) mass is 540 g/mol. The van der Waals surface area contributed by atoms with Crippen LogP contribution in [0.3, 0.4) is 0 Å². The summed E-state index contributed by atoms with van der Waals surface area (Å²) in [6, 6.07) is 32.9. The van der Waals surface area contributed by atoms with Crippen molar-refractivity contribution >= 4 is 29.5 Å². The Bertz CT molecular complexity index is 1630. The minimum absolute atomic E-state index is 0.290. The van der Waals surface area contributed by atoms with Gasteiger partial charge in [0.2, 0.25) is 11.8 Å². The summed E-state index contributed by atoms with van der Waals surface area (Å²) in [7, 11) is 0. The summed E-state index contributed by atoms with van der Waals surface area (Å²) in [4.78, 5) is 45.6. The lowest BCUT2D eigenvalue weighted by Gasteiger charge is -2.35. The van der Waals surface area contributed by atoms with Gasteiger partial charge in [-0.2, -0.15) is 0 Å². The molecule has 2 fully saturated rings. The number of carbonyl (C=O) groups is 3. The summed E-state index contributed by atoms with van der Waals surface area (Å²) >= 11 is 0. The number of rotatable bonds is 5. The lowest BCUT2D eigenvalue weighted by Crippen LogP contribution is -2.45. The summed E-state index contributed by atoms with van der Waals surface area (Å²) in [5.41, 5.74) is 5.10. The number of amides is 2. The van der Waals surface area contributed by atoms with Crippen molar-refractivity contribution in [2.45, 2.75) is 25.1 Å². The van der Waals surface area contributed by atoms with Crippen molar-refractivity contribution in [1.82, 2.24) is 4.90 Å². The van der Waals surface area contributed by atoms with Gasteiger partial charge in [-0.15, -0.1) is 0 Å². The van der Waals surface area contributed by atoms with Crippen molar-refractivity contribution in [1.29, 1.82) is 0 Å². The summed E-state index contributed by atoms with van der Waals surface area (Å²) < 4.78 is 6.30. The van der Waals surface area contributed by atoms with Crippen LogP contribution in [0.2, 0.25) is 0 Å². The molecule has 6 nitrogen and oxygen atoms in total. The fraction of sp³-hybridized carbons (Fsp3) is 0.171. The molecule has 4 aromatic carbocycles. The van der Waals surface area contributed by atoms with E-state index in [0.29, 0.717) is 5.69 Å². The Morgan fingerprint density at radius 1 is 0.732 bits per heavy atom. The van der Waals surface area contributed by atoms with E-state index in [-0.39, 0.29) is 11.8 Å². The topological polar surface area (TPSA) is 66.9 Å². The van der Waals surface area contributed by atoms with Crippen molar-refractivity contribution in [3.05, 3.63) is 143 Å². The lowest BCUT2D eigenvalue weighted by atomic mass is 9.84. The minimum atomic E-state index is -0.962. The van der Waals surface area contributed by atoms with E-state index < -0.39 is 36.0 Å². The van der Waals surface area contributed by atoms with E-state index in [4.69, 9.17) is 4.74 Å². The number of hydrogen-bond acceptors (Lipinski definition) is 5. The molecule has 0 aliphatic carbocycles. The first-order valence-corrected chi connectivity index (χ1v) is 13.8. The van der Waals surface area contributed by atoms with Gasteiger partial charge in [0.05, 0.1) is 23.6 Å². The Kier molecular flexibility index (Phi) is 6.04. The number of nitrogens with zero attached hydrogens (tertiary/aromatic N) is 2. The minimum Gasteiger partial charge on any atom is -0.451 e. The van der Waals surface area contributed by atoms with Crippen molar-refractivity contribution in [2.24, 2.45) is 11.8 Å². The number of imide groups is 1. The van der Waals surface area contributed by atoms with E-state index in [1.807, 2.05) is 121 Å². The smallest absolute Gasteiger partial charge is 0.330 e. The van der Waals surface area contributed by atoms with Gasteiger partial charge < -0.3 is 9.64 Å². The fourth-order valence-corrected chi connectivity index (χ4v) is 6.55. The van der Waals surface area contributed by atoms with Crippen LogP contribution in [0.15, 0.2) is 115 Å². The Morgan fingerprint density at radius 3 is 1.98 bits per heavy atom. The molecule has 0 unspecified atom stereocenters. The third-order valence-electron chi connectivity index (χ3n) is 8.43. The first-order valence-electron chi connectivity index (χ1n) is 13.8. The van der Waals surface area contributed by atoms with Gasteiger partial charge in [0.25, 0.3) is 0 Å². The maximum Gasteiger partial charge on any atom is 0.330 e. The van der Waals surface area contributed by atoms with E-state index in [9.17, 15) is 14.4 Å². The zero-order valence-electron chi connectivity index (χ0n) is 22.5. The molecule has 0 saturated carbocycles. The number of carbonyl (C=O) groups excluding carboxylic acids is 3. The molecule has 0 bridgehead atoms. The molecule has 202 valence electrons. The zero-order valence-corrected chi connectivity index (χ0v) is 22.5. The molecule has 41 heavy (non-hydrogen) atoms. The van der Waals surface area contributed by atoms with E-state index in [1.54, 1.807) is 12.1 Å². The van der Waals surface area contributed by atoms with Crippen LogP contribution in [0.1, 0.15) is 40.0 Å². The summed E-state index contributed by atoms with van der Waals surface area (Å²) in [5, 5.41) is 0. The molecule has 0 radical (unpaired) electrons. The Hall–Kier alpha value is -4.97. The molecular weight excluding hydrogens is 512 g/mol. The summed E-state index contributed by atoms with van der Waals surface area (Å²) in [6.45, 7) is 1.96. The highest BCUT2D eigenvalue weighted by Gasteiger charge is 2.65. The van der Waals surface area contributed by atoms with Crippen LogP contribution in [0.5, 0.6) is 0 Å². The number of hydrogen-bond donors (Lipinski definition) is 0. The van der Waals surface area contributed by atoms with E-state index in [0.717, 1.165) is 27.8 Å². The molecule has 3 aliphatic heterocycles. The maximum atomic E-state index is 14.3. The van der Waals surface area contributed by atoms with Gasteiger partial charge in [-0.1, -0.05) is 103 Å². The van der Waals surface area contributed by atoms with Crippen LogP contribution >= 0.6 is 0 Å². The normalized spacial score (nSPS) is 22.5. The van der Waals surface area contributed by atoms with Gasteiger partial charge in [0.15, 0.2) is 6.10 Å². The maximum absolute atomic E-state index is 14.3. The van der Waals surface area contributed by atoms with Crippen molar-refractivity contribution < 1.29 is 19.1 Å². The molecule has 0 spiro atoms. The average Bonchev–Trinajstić information content (AvgIpc) is 3.49. The second-order valence-electron chi connectivity index (χ2n) is 10.8. The fourth-order valence-electron chi connectivity index (χ4n) is 6.55. The van der Waals surface area contributed by atoms with Crippen LogP contribution in [-0.2, 0) is 19.1 Å². The second kappa shape index (κ2) is 9.89. The Morgan fingerprint density at radius 2 is 1.32 bits per heavy atom. The molecule has 3 heterocycles. The molecule has 0 N–H and O–H groups in total. The molecule has 6 heteroatoms. The van der Waals surface area contributed by atoms with Crippen LogP contribution in [-0.4, -0.2) is 28.7 Å². The third-order valence-corrected chi connectivity index (χ3v) is 8.43. The van der Waals surface area contributed by atoms with E-state index in [2.05, 4.69) is 0 Å². The summed E-state index contributed by atoms with van der Waals surface area (Å²) in [5.74, 6) is -2.80. The molecule has 3 aliphatic rings. The largest absolute Gasteiger partial charge is 0.451 e. The highest BCUT2D eigenvalue weighted by atomic mass is 16.5. The summed E-state index contributed by atoms with van der Waals surface area (Å²) in [6.07, 6.45) is 3.11. The number of fused-ring (bicyclic) bond motifs is 5. The Labute approximate surface area is 238 Å². The molecule has 0 aromatic heterocycles. The molecule has 2 saturated heterocycles. The Balaban J connectivity index is 1.31. The number of esters is 1. The number of aryl methyl sites for hydroxylation is 1. The second-order valence-corrected chi connectivity index (χ2v) is 10.8. The van der Waals surface area contributed by atoms with E-state index in [1.165, 1.54) is 4.90 Å². The quantitative estimate of drug-likeness (QED) is 0.235. The van der Waals surface area contributed by atoms with Gasteiger partial charge in [-0.25, -0.2) is 9.69 Å². The van der Waals surface area contributed by atoms with Gasteiger partial charge in [0, 0.05) is 6.20 Å². The van der Waals surface area contributed by atoms with Crippen LogP contribution in [0, 0.1) is 18.8 Å². The molecular formula is C35H28N2O4. The SMILES string of the molecule is Cc1ccc(N2C(=O)[C@@H]3[C@@H](C2=O)[C@H]2c4ccccc4C=CN2[C@@H]3C(=O)OC(c2ccccc2)c2ccccc2)cc1. The van der Waals surface area contributed by atoms with Crippen molar-refractivity contribution in [2.75, 3.05) is 4.90 Å². The van der Waals surface area contributed by atoms with Gasteiger partial charge in [-0.05, 0) is 47.4 Å².